The van der Waals surface area contributed by atoms with Crippen LogP contribution in [0.3, 0.4) is 0 Å². The van der Waals surface area contributed by atoms with E-state index in [4.69, 9.17) is 9.47 Å². The van der Waals surface area contributed by atoms with Crippen molar-refractivity contribution in [3.63, 3.8) is 0 Å². The summed E-state index contributed by atoms with van der Waals surface area (Å²) in [6.07, 6.45) is -1.62. The average Bonchev–Trinajstić information content (AvgIpc) is 3.05. The molecule has 0 radical (unpaired) electrons. The highest BCUT2D eigenvalue weighted by molar-refractivity contribution is 14.1. The number of ether oxygens (including phenoxy) is 2. The Kier molecular flexibility index (Phi) is 9.73. The number of rotatable bonds is 10. The van der Waals surface area contributed by atoms with Crippen molar-refractivity contribution in [3.8, 4) is 11.5 Å². The molecule has 0 aliphatic rings. The lowest BCUT2D eigenvalue weighted by atomic mass is 10.2. The summed E-state index contributed by atoms with van der Waals surface area (Å²) in [5, 5.41) is 0. The predicted molar refractivity (Wildman–Crippen MR) is 179 cm³/mol. The molecule has 0 aliphatic carbocycles. The summed E-state index contributed by atoms with van der Waals surface area (Å²) in [5.74, 6) is 0.541. The minimum absolute atomic E-state index is 0.218. The summed E-state index contributed by atoms with van der Waals surface area (Å²) in [4.78, 5) is 30.9. The van der Waals surface area contributed by atoms with Gasteiger partial charge >= 0.3 is 0 Å². The van der Waals surface area contributed by atoms with Gasteiger partial charge in [-0.25, -0.2) is 0 Å². The minimum Gasteiger partial charge on any atom is -0.480 e. The zero-order chi connectivity index (χ0) is 30.2. The first kappa shape index (κ1) is 29.8. The van der Waals surface area contributed by atoms with Gasteiger partial charge in [0.05, 0.1) is 3.57 Å². The molecular formula is C36H31IN2O4. The Morgan fingerprint density at radius 1 is 0.488 bits per heavy atom. The number of halogens is 1. The van der Waals surface area contributed by atoms with Crippen LogP contribution in [0.15, 0.2) is 140 Å². The molecule has 0 aromatic heterocycles. The second-order valence-electron chi connectivity index (χ2n) is 9.78. The van der Waals surface area contributed by atoms with Gasteiger partial charge in [-0.2, -0.15) is 0 Å². The highest BCUT2D eigenvalue weighted by Crippen LogP contribution is 2.34. The monoisotopic (exact) mass is 682 g/mol. The smallest absolute Gasteiger partial charge is 0.272 e. The Morgan fingerprint density at radius 3 is 1.05 bits per heavy atom. The van der Waals surface area contributed by atoms with E-state index < -0.39 is 12.2 Å². The van der Waals surface area contributed by atoms with Crippen LogP contribution in [-0.2, 0) is 9.59 Å². The van der Waals surface area contributed by atoms with E-state index in [0.717, 1.165) is 22.7 Å². The third-order valence-corrected chi connectivity index (χ3v) is 7.79. The number of hydrogen-bond acceptors (Lipinski definition) is 4. The third kappa shape index (κ3) is 7.06. The van der Waals surface area contributed by atoms with Crippen LogP contribution in [-0.4, -0.2) is 24.0 Å². The molecule has 5 rings (SSSR count). The number of hydrogen-bond donors (Lipinski definition) is 0. The van der Waals surface area contributed by atoms with Gasteiger partial charge in [-0.05, 0) is 97.1 Å². The second-order valence-corrected chi connectivity index (χ2v) is 10.9. The maximum Gasteiger partial charge on any atom is 0.272 e. The average molecular weight is 683 g/mol. The lowest BCUT2D eigenvalue weighted by Crippen LogP contribution is -2.38. The zero-order valence-electron chi connectivity index (χ0n) is 23.8. The molecule has 0 fully saturated rings. The highest BCUT2D eigenvalue weighted by Gasteiger charge is 2.28. The number of carbonyl (C=O) groups is 2. The van der Waals surface area contributed by atoms with E-state index in [1.807, 2.05) is 121 Å². The standard InChI is InChI=1S/C36H31IN2O4/c1-26(35(40)38(28-16-7-3-8-17-28)29-18-9-4-10-19-29)42-32-24-15-25-33(34(32)37)43-27(2)36(41)39(30-20-11-5-12-21-30)31-22-13-6-14-23-31/h3-27H,1-2H3/t26-,27-/m1/s1. The highest BCUT2D eigenvalue weighted by atomic mass is 127. The first-order valence-electron chi connectivity index (χ1n) is 13.9. The van der Waals surface area contributed by atoms with Crippen molar-refractivity contribution >= 4 is 57.2 Å². The first-order chi connectivity index (χ1) is 20.9. The van der Waals surface area contributed by atoms with Gasteiger partial charge < -0.3 is 9.47 Å². The fraction of sp³-hybridized carbons (Fsp3) is 0.111. The molecule has 2 amide bonds. The molecule has 216 valence electrons. The number of benzene rings is 5. The molecule has 5 aromatic carbocycles. The van der Waals surface area contributed by atoms with E-state index in [2.05, 4.69) is 22.6 Å². The van der Waals surface area contributed by atoms with Crippen LogP contribution in [0.2, 0.25) is 0 Å². The molecule has 43 heavy (non-hydrogen) atoms. The van der Waals surface area contributed by atoms with E-state index >= 15 is 0 Å². The molecule has 0 saturated carbocycles. The van der Waals surface area contributed by atoms with Crippen molar-refractivity contribution in [2.75, 3.05) is 9.80 Å². The first-order valence-corrected chi connectivity index (χ1v) is 15.0. The Bertz CT molecular complexity index is 1450. The summed E-state index contributed by atoms with van der Waals surface area (Å²) in [6.45, 7) is 3.46. The van der Waals surface area contributed by atoms with Crippen molar-refractivity contribution in [1.29, 1.82) is 0 Å². The van der Waals surface area contributed by atoms with Crippen LogP contribution in [0, 0.1) is 3.57 Å². The normalized spacial score (nSPS) is 12.1. The molecule has 0 saturated heterocycles. The van der Waals surface area contributed by atoms with Crippen LogP contribution in [0.25, 0.3) is 0 Å². The molecule has 0 N–H and O–H groups in total. The fourth-order valence-corrected chi connectivity index (χ4v) is 5.25. The van der Waals surface area contributed by atoms with Gasteiger partial charge in [0.15, 0.2) is 12.2 Å². The molecule has 5 aromatic rings. The summed E-state index contributed by atoms with van der Waals surface area (Å²) in [6, 6.07) is 43.3. The van der Waals surface area contributed by atoms with E-state index in [1.54, 1.807) is 41.8 Å². The summed E-state index contributed by atoms with van der Waals surface area (Å²) in [5.41, 5.74) is 2.98. The van der Waals surface area contributed by atoms with E-state index in [9.17, 15) is 9.59 Å². The topological polar surface area (TPSA) is 59.1 Å². The van der Waals surface area contributed by atoms with Gasteiger partial charge in [0.1, 0.15) is 11.5 Å². The van der Waals surface area contributed by atoms with Gasteiger partial charge in [-0.1, -0.05) is 78.9 Å². The van der Waals surface area contributed by atoms with Crippen molar-refractivity contribution in [2.24, 2.45) is 0 Å². The van der Waals surface area contributed by atoms with Crippen LogP contribution in [0.4, 0.5) is 22.7 Å². The molecule has 0 unspecified atom stereocenters. The van der Waals surface area contributed by atoms with E-state index in [1.165, 1.54) is 0 Å². The zero-order valence-corrected chi connectivity index (χ0v) is 26.0. The Labute approximate surface area is 265 Å². The van der Waals surface area contributed by atoms with Crippen molar-refractivity contribution < 1.29 is 19.1 Å². The molecule has 0 bridgehead atoms. The van der Waals surface area contributed by atoms with Gasteiger partial charge in [0.25, 0.3) is 11.8 Å². The number of anilines is 4. The van der Waals surface area contributed by atoms with E-state index in [-0.39, 0.29) is 11.8 Å². The van der Waals surface area contributed by atoms with Crippen LogP contribution >= 0.6 is 22.6 Å². The van der Waals surface area contributed by atoms with Crippen LogP contribution in [0.5, 0.6) is 11.5 Å². The lowest BCUT2D eigenvalue weighted by Gasteiger charge is -2.28. The minimum atomic E-state index is -0.810. The van der Waals surface area contributed by atoms with E-state index in [0.29, 0.717) is 15.1 Å². The number of para-hydroxylation sites is 4. The SMILES string of the molecule is C[C@@H](Oc1cccc(O[C@H](C)C(=O)N(c2ccccc2)c2ccccc2)c1I)C(=O)N(c1ccccc1)c1ccccc1. The lowest BCUT2D eigenvalue weighted by molar-refractivity contribution is -0.124. The quantitative estimate of drug-likeness (QED) is 0.139. The van der Waals surface area contributed by atoms with Gasteiger partial charge in [0.2, 0.25) is 0 Å². The molecule has 0 heterocycles. The molecule has 6 nitrogen and oxygen atoms in total. The summed E-state index contributed by atoms with van der Waals surface area (Å²) in [7, 11) is 0. The number of amides is 2. The van der Waals surface area contributed by atoms with Crippen LogP contribution in [0.1, 0.15) is 13.8 Å². The predicted octanol–water partition coefficient (Wildman–Crippen LogP) is 8.56. The molecule has 0 spiro atoms. The largest absolute Gasteiger partial charge is 0.480 e. The third-order valence-electron chi connectivity index (χ3n) is 6.73. The molecular weight excluding hydrogens is 651 g/mol. The van der Waals surface area contributed by atoms with Gasteiger partial charge in [-0.15, -0.1) is 0 Å². The van der Waals surface area contributed by atoms with Gasteiger partial charge in [-0.3, -0.25) is 19.4 Å². The Balaban J connectivity index is 1.35. The Morgan fingerprint density at radius 2 is 0.767 bits per heavy atom. The van der Waals surface area contributed by atoms with Crippen molar-refractivity contribution in [1.82, 2.24) is 0 Å². The molecule has 2 atom stereocenters. The summed E-state index contributed by atoms with van der Waals surface area (Å²) >= 11 is 2.14. The second kappa shape index (κ2) is 14.0. The van der Waals surface area contributed by atoms with Crippen molar-refractivity contribution in [2.45, 2.75) is 26.1 Å². The Hall–Kier alpha value is -4.63. The molecule has 0 aliphatic heterocycles. The maximum atomic E-state index is 13.8. The van der Waals surface area contributed by atoms with Crippen molar-refractivity contribution in [3.05, 3.63) is 143 Å². The fourth-order valence-electron chi connectivity index (χ4n) is 4.63. The van der Waals surface area contributed by atoms with Crippen LogP contribution < -0.4 is 19.3 Å². The molecule has 7 heteroatoms. The van der Waals surface area contributed by atoms with Gasteiger partial charge in [0, 0.05) is 22.7 Å². The number of carbonyl (C=O) groups excluding carboxylic acids is 2. The summed E-state index contributed by atoms with van der Waals surface area (Å²) < 4.78 is 13.1. The number of nitrogens with zero attached hydrogens (tertiary/aromatic N) is 2. The maximum absolute atomic E-state index is 13.8.